The maximum Gasteiger partial charge on any atom is 0.224 e. The minimum atomic E-state index is 0.165. The van der Waals surface area contributed by atoms with Crippen LogP contribution in [0.1, 0.15) is 25.8 Å². The van der Waals surface area contributed by atoms with Crippen molar-refractivity contribution in [3.05, 3.63) is 11.9 Å². The molecule has 0 bridgehead atoms. The Morgan fingerprint density at radius 3 is 2.47 bits per heavy atom. The number of nitrogens with zero attached hydrogens (tertiary/aromatic N) is 3. The van der Waals surface area contributed by atoms with Crippen LogP contribution in [-0.4, -0.2) is 47.5 Å². The molecule has 0 atom stereocenters. The van der Waals surface area contributed by atoms with Crippen LogP contribution in [0, 0.1) is 6.92 Å². The number of carbonyl (C=O) groups excluding carboxylic acids is 1. The van der Waals surface area contributed by atoms with Gasteiger partial charge in [-0.05, 0) is 20.8 Å². The average Bonchev–Trinajstić information content (AvgIpc) is 2.42. The molecule has 1 aromatic heterocycles. The van der Waals surface area contributed by atoms with Crippen molar-refractivity contribution in [1.82, 2.24) is 14.9 Å². The number of amides is 1. The van der Waals surface area contributed by atoms with E-state index >= 15 is 0 Å². The van der Waals surface area contributed by atoms with Gasteiger partial charge >= 0.3 is 0 Å². The molecule has 1 rings (SSSR count). The Bertz CT molecular complexity index is 417. The molecule has 0 unspecified atom stereocenters. The van der Waals surface area contributed by atoms with Crippen molar-refractivity contribution in [2.75, 3.05) is 37.3 Å². The molecule has 0 spiro atoms. The second-order valence-electron chi connectivity index (χ2n) is 4.19. The Balaban J connectivity index is 2.52. The zero-order valence-electron chi connectivity index (χ0n) is 12.2. The molecule has 0 saturated heterocycles. The third kappa shape index (κ3) is 4.08. The van der Waals surface area contributed by atoms with Gasteiger partial charge in [0.25, 0.3) is 0 Å². The lowest BCUT2D eigenvalue weighted by atomic mass is 10.3. The smallest absolute Gasteiger partial charge is 0.224 e. The van der Waals surface area contributed by atoms with Gasteiger partial charge in [0.05, 0.1) is 0 Å². The summed E-state index contributed by atoms with van der Waals surface area (Å²) in [7, 11) is 1.82. The maximum absolute atomic E-state index is 11.8. The Morgan fingerprint density at radius 2 is 1.89 bits per heavy atom. The molecule has 0 aliphatic rings. The minimum absolute atomic E-state index is 0.165. The van der Waals surface area contributed by atoms with Crippen LogP contribution in [0.3, 0.4) is 0 Å². The van der Waals surface area contributed by atoms with Gasteiger partial charge in [0.15, 0.2) is 0 Å². The fourth-order valence-electron chi connectivity index (χ4n) is 1.90. The lowest BCUT2D eigenvalue weighted by molar-refractivity contribution is -0.130. The molecule has 6 heteroatoms. The van der Waals surface area contributed by atoms with Crippen molar-refractivity contribution in [3.63, 3.8) is 0 Å². The molecule has 0 fully saturated rings. The highest BCUT2D eigenvalue weighted by Gasteiger charge is 2.10. The van der Waals surface area contributed by atoms with Crippen LogP contribution in [0.4, 0.5) is 11.6 Å². The molecule has 0 aromatic carbocycles. The fourth-order valence-corrected chi connectivity index (χ4v) is 1.90. The minimum Gasteiger partial charge on any atom is -0.373 e. The number of hydrogen-bond acceptors (Lipinski definition) is 5. The van der Waals surface area contributed by atoms with Gasteiger partial charge in [0.2, 0.25) is 5.91 Å². The SMILES string of the molecule is CCN(CC)C(=O)CCNc1ncnc(NC)c1C. The summed E-state index contributed by atoms with van der Waals surface area (Å²) in [5.74, 6) is 1.73. The first-order valence-corrected chi connectivity index (χ1v) is 6.65. The van der Waals surface area contributed by atoms with E-state index in [4.69, 9.17) is 0 Å². The number of hydrogen-bond donors (Lipinski definition) is 2. The maximum atomic E-state index is 11.8. The van der Waals surface area contributed by atoms with Gasteiger partial charge in [-0.2, -0.15) is 0 Å². The zero-order chi connectivity index (χ0) is 14.3. The normalized spacial score (nSPS) is 10.1. The molecule has 1 heterocycles. The Hall–Kier alpha value is -1.85. The quantitative estimate of drug-likeness (QED) is 0.782. The summed E-state index contributed by atoms with van der Waals surface area (Å²) >= 11 is 0. The van der Waals surface area contributed by atoms with E-state index in [9.17, 15) is 4.79 Å². The van der Waals surface area contributed by atoms with Crippen molar-refractivity contribution >= 4 is 17.5 Å². The van der Waals surface area contributed by atoms with Crippen LogP contribution in [0.5, 0.6) is 0 Å². The van der Waals surface area contributed by atoms with Crippen LogP contribution in [0.25, 0.3) is 0 Å². The van der Waals surface area contributed by atoms with Crippen LogP contribution in [0.15, 0.2) is 6.33 Å². The van der Waals surface area contributed by atoms with Crippen LogP contribution < -0.4 is 10.6 Å². The van der Waals surface area contributed by atoms with Crippen LogP contribution in [-0.2, 0) is 4.79 Å². The van der Waals surface area contributed by atoms with Gasteiger partial charge in [-0.15, -0.1) is 0 Å². The lowest BCUT2D eigenvalue weighted by Crippen LogP contribution is -2.31. The van der Waals surface area contributed by atoms with Crippen LogP contribution >= 0.6 is 0 Å². The Kier molecular flexibility index (Phi) is 6.05. The Labute approximate surface area is 114 Å². The van der Waals surface area contributed by atoms with Gasteiger partial charge in [0, 0.05) is 38.7 Å². The molecule has 106 valence electrons. The van der Waals surface area contributed by atoms with Gasteiger partial charge in [-0.25, -0.2) is 9.97 Å². The summed E-state index contributed by atoms with van der Waals surface area (Å²) < 4.78 is 0. The second-order valence-corrected chi connectivity index (χ2v) is 4.19. The number of carbonyl (C=O) groups is 1. The number of nitrogens with one attached hydrogen (secondary N) is 2. The van der Waals surface area contributed by atoms with Crippen molar-refractivity contribution in [1.29, 1.82) is 0 Å². The summed E-state index contributed by atoms with van der Waals surface area (Å²) in [6.45, 7) is 8.01. The summed E-state index contributed by atoms with van der Waals surface area (Å²) in [5.41, 5.74) is 0.959. The second kappa shape index (κ2) is 7.56. The zero-order valence-corrected chi connectivity index (χ0v) is 12.2. The molecule has 1 amide bonds. The third-order valence-electron chi connectivity index (χ3n) is 3.07. The first-order valence-electron chi connectivity index (χ1n) is 6.65. The van der Waals surface area contributed by atoms with Crippen molar-refractivity contribution in [2.24, 2.45) is 0 Å². The van der Waals surface area contributed by atoms with E-state index in [0.29, 0.717) is 13.0 Å². The highest BCUT2D eigenvalue weighted by molar-refractivity contribution is 5.76. The predicted molar refractivity (Wildman–Crippen MR) is 77.4 cm³/mol. The standard InChI is InChI=1S/C13H23N5O/c1-5-18(6-2)11(19)7-8-15-13-10(3)12(14-4)16-9-17-13/h9H,5-8H2,1-4H3,(H2,14,15,16,17). The largest absolute Gasteiger partial charge is 0.373 e. The molecular formula is C13H23N5O. The highest BCUT2D eigenvalue weighted by Crippen LogP contribution is 2.17. The molecule has 0 aliphatic heterocycles. The van der Waals surface area contributed by atoms with Gasteiger partial charge < -0.3 is 15.5 Å². The summed E-state index contributed by atoms with van der Waals surface area (Å²) in [5, 5.41) is 6.19. The number of anilines is 2. The van der Waals surface area contributed by atoms with E-state index in [2.05, 4.69) is 20.6 Å². The van der Waals surface area contributed by atoms with Gasteiger partial charge in [-0.3, -0.25) is 4.79 Å². The first-order chi connectivity index (χ1) is 9.13. The molecule has 6 nitrogen and oxygen atoms in total. The summed E-state index contributed by atoms with van der Waals surface area (Å²) in [6, 6.07) is 0. The van der Waals surface area contributed by atoms with Crippen molar-refractivity contribution in [2.45, 2.75) is 27.2 Å². The van der Waals surface area contributed by atoms with Crippen molar-refractivity contribution < 1.29 is 4.79 Å². The molecule has 2 N–H and O–H groups in total. The molecule has 19 heavy (non-hydrogen) atoms. The van der Waals surface area contributed by atoms with Gasteiger partial charge in [0.1, 0.15) is 18.0 Å². The van der Waals surface area contributed by atoms with Gasteiger partial charge in [-0.1, -0.05) is 0 Å². The van der Waals surface area contributed by atoms with E-state index in [-0.39, 0.29) is 5.91 Å². The number of rotatable bonds is 7. The first kappa shape index (κ1) is 15.2. The van der Waals surface area contributed by atoms with E-state index in [1.165, 1.54) is 6.33 Å². The van der Waals surface area contributed by atoms with E-state index in [1.54, 1.807) is 0 Å². The third-order valence-corrected chi connectivity index (χ3v) is 3.07. The Morgan fingerprint density at radius 1 is 1.26 bits per heavy atom. The molecule has 0 saturated carbocycles. The van der Waals surface area contributed by atoms with Crippen LogP contribution in [0.2, 0.25) is 0 Å². The summed E-state index contributed by atoms with van der Waals surface area (Å²) in [4.78, 5) is 22.0. The topological polar surface area (TPSA) is 70.2 Å². The van der Waals surface area contributed by atoms with E-state index < -0.39 is 0 Å². The average molecular weight is 265 g/mol. The van der Waals surface area contributed by atoms with E-state index in [1.807, 2.05) is 32.7 Å². The lowest BCUT2D eigenvalue weighted by Gasteiger charge is -2.19. The van der Waals surface area contributed by atoms with Crippen molar-refractivity contribution in [3.8, 4) is 0 Å². The van der Waals surface area contributed by atoms with E-state index in [0.717, 1.165) is 30.3 Å². The monoisotopic (exact) mass is 265 g/mol. The molecule has 0 radical (unpaired) electrons. The predicted octanol–water partition coefficient (Wildman–Crippen LogP) is 1.50. The molecule has 1 aromatic rings. The number of aromatic nitrogens is 2. The molecule has 0 aliphatic carbocycles. The highest BCUT2D eigenvalue weighted by atomic mass is 16.2. The summed E-state index contributed by atoms with van der Waals surface area (Å²) in [6.07, 6.45) is 1.98. The fraction of sp³-hybridized carbons (Fsp3) is 0.615. The molecular weight excluding hydrogens is 242 g/mol.